The van der Waals surface area contributed by atoms with Crippen molar-refractivity contribution < 1.29 is 23.0 Å². The molecular formula is C20H18F2N2O3S2. The van der Waals surface area contributed by atoms with Gasteiger partial charge < -0.3 is 9.47 Å². The van der Waals surface area contributed by atoms with Crippen molar-refractivity contribution in [3.05, 3.63) is 70.2 Å². The van der Waals surface area contributed by atoms with Crippen molar-refractivity contribution in [1.29, 1.82) is 0 Å². The zero-order valence-corrected chi connectivity index (χ0v) is 17.3. The van der Waals surface area contributed by atoms with Crippen molar-refractivity contribution in [2.75, 3.05) is 19.5 Å². The number of amides is 1. The molecule has 0 aliphatic carbocycles. The molecule has 0 aliphatic heterocycles. The number of aromatic nitrogens is 1. The van der Waals surface area contributed by atoms with E-state index in [-0.39, 0.29) is 5.13 Å². The van der Waals surface area contributed by atoms with E-state index in [1.807, 2.05) is 18.2 Å². The fourth-order valence-electron chi connectivity index (χ4n) is 2.53. The fourth-order valence-corrected chi connectivity index (χ4v) is 4.20. The van der Waals surface area contributed by atoms with Gasteiger partial charge in [-0.05, 0) is 29.8 Å². The van der Waals surface area contributed by atoms with Crippen LogP contribution in [0.25, 0.3) is 0 Å². The summed E-state index contributed by atoms with van der Waals surface area (Å²) in [6, 6.07) is 8.96. The number of hydrogen-bond donors (Lipinski definition) is 1. The molecule has 1 aromatic heterocycles. The number of halogens is 2. The second-order valence-corrected chi connectivity index (χ2v) is 7.75. The first-order valence-electron chi connectivity index (χ1n) is 8.49. The molecule has 0 aliphatic rings. The Balaban J connectivity index is 1.58. The van der Waals surface area contributed by atoms with Gasteiger partial charge in [-0.2, -0.15) is 11.8 Å². The topological polar surface area (TPSA) is 60.5 Å². The number of benzene rings is 2. The van der Waals surface area contributed by atoms with E-state index in [1.54, 1.807) is 31.4 Å². The van der Waals surface area contributed by atoms with Crippen LogP contribution >= 0.6 is 23.1 Å². The normalized spacial score (nSPS) is 10.6. The Kier molecular flexibility index (Phi) is 7.05. The van der Waals surface area contributed by atoms with Gasteiger partial charge in [-0.1, -0.05) is 6.07 Å². The Morgan fingerprint density at radius 2 is 1.76 bits per heavy atom. The number of anilines is 1. The molecule has 2 aromatic carbocycles. The van der Waals surface area contributed by atoms with Crippen molar-refractivity contribution >= 4 is 34.1 Å². The zero-order valence-electron chi connectivity index (χ0n) is 15.7. The lowest BCUT2D eigenvalue weighted by Crippen LogP contribution is -2.15. The van der Waals surface area contributed by atoms with Crippen molar-refractivity contribution in [3.63, 3.8) is 0 Å². The Labute approximate surface area is 175 Å². The predicted molar refractivity (Wildman–Crippen MR) is 111 cm³/mol. The summed E-state index contributed by atoms with van der Waals surface area (Å²) < 4.78 is 37.9. The Morgan fingerprint density at radius 1 is 1.10 bits per heavy atom. The van der Waals surface area contributed by atoms with Gasteiger partial charge in [0, 0.05) is 23.0 Å². The van der Waals surface area contributed by atoms with Crippen LogP contribution in [-0.4, -0.2) is 25.1 Å². The molecule has 1 amide bonds. The molecule has 29 heavy (non-hydrogen) atoms. The van der Waals surface area contributed by atoms with E-state index >= 15 is 0 Å². The number of thioether (sulfide) groups is 1. The number of hydrogen-bond acceptors (Lipinski definition) is 6. The number of rotatable bonds is 8. The van der Waals surface area contributed by atoms with Gasteiger partial charge in [0.05, 0.1) is 19.9 Å². The molecular weight excluding hydrogens is 418 g/mol. The first-order valence-corrected chi connectivity index (χ1v) is 10.5. The zero-order chi connectivity index (χ0) is 20.8. The second-order valence-electron chi connectivity index (χ2n) is 5.91. The van der Waals surface area contributed by atoms with Crippen LogP contribution in [0.4, 0.5) is 13.9 Å². The summed E-state index contributed by atoms with van der Waals surface area (Å²) in [6.45, 7) is 0. The maximum Gasteiger partial charge on any atom is 0.263 e. The molecule has 152 valence electrons. The summed E-state index contributed by atoms with van der Waals surface area (Å²) in [7, 11) is 3.20. The monoisotopic (exact) mass is 436 g/mol. The summed E-state index contributed by atoms with van der Waals surface area (Å²) in [5.74, 6) is 0.0791. The third-order valence-corrected chi connectivity index (χ3v) is 5.74. The van der Waals surface area contributed by atoms with Gasteiger partial charge in [-0.15, -0.1) is 11.3 Å². The van der Waals surface area contributed by atoms with Crippen molar-refractivity contribution in [1.82, 2.24) is 4.98 Å². The average Bonchev–Trinajstić information content (AvgIpc) is 3.14. The molecule has 0 spiro atoms. The molecule has 9 heteroatoms. The summed E-state index contributed by atoms with van der Waals surface area (Å²) in [6.07, 6.45) is 0. The number of nitrogens with zero attached hydrogens (tertiary/aromatic N) is 1. The van der Waals surface area contributed by atoms with Crippen LogP contribution in [0.3, 0.4) is 0 Å². The minimum absolute atomic E-state index is 0.288. The number of thiazole rings is 1. The lowest BCUT2D eigenvalue weighted by Gasteiger charge is -2.08. The van der Waals surface area contributed by atoms with Crippen molar-refractivity contribution in [2.24, 2.45) is 0 Å². The molecule has 0 saturated carbocycles. The summed E-state index contributed by atoms with van der Waals surface area (Å²) in [5, 5.41) is 4.53. The number of carbonyl (C=O) groups is 1. The highest BCUT2D eigenvalue weighted by molar-refractivity contribution is 7.97. The van der Waals surface area contributed by atoms with E-state index in [2.05, 4.69) is 10.3 Å². The highest BCUT2D eigenvalue weighted by Crippen LogP contribution is 2.27. The molecule has 1 N–H and O–H groups in total. The third-order valence-electron chi connectivity index (χ3n) is 3.89. The van der Waals surface area contributed by atoms with E-state index in [0.29, 0.717) is 11.5 Å². The fraction of sp³-hybridized carbons (Fsp3) is 0.200. The molecule has 0 unspecified atom stereocenters. The van der Waals surface area contributed by atoms with Gasteiger partial charge in [0.15, 0.2) is 5.13 Å². The van der Waals surface area contributed by atoms with Crippen LogP contribution in [0.1, 0.15) is 21.6 Å². The van der Waals surface area contributed by atoms with Crippen LogP contribution in [-0.2, 0) is 11.5 Å². The maximum atomic E-state index is 13.7. The summed E-state index contributed by atoms with van der Waals surface area (Å²) in [5.41, 5.74) is 1.19. The van der Waals surface area contributed by atoms with Gasteiger partial charge in [0.2, 0.25) is 0 Å². The molecule has 0 bridgehead atoms. The van der Waals surface area contributed by atoms with E-state index in [0.717, 1.165) is 34.9 Å². The minimum Gasteiger partial charge on any atom is -0.497 e. The van der Waals surface area contributed by atoms with Gasteiger partial charge in [-0.25, -0.2) is 13.8 Å². The molecule has 0 radical (unpaired) electrons. The van der Waals surface area contributed by atoms with Crippen LogP contribution in [0.5, 0.6) is 11.5 Å². The van der Waals surface area contributed by atoms with E-state index in [1.165, 1.54) is 17.4 Å². The summed E-state index contributed by atoms with van der Waals surface area (Å²) in [4.78, 5) is 16.4. The highest BCUT2D eigenvalue weighted by Gasteiger charge is 2.18. The molecule has 5 nitrogen and oxygen atoms in total. The van der Waals surface area contributed by atoms with Crippen LogP contribution in [0.15, 0.2) is 41.8 Å². The predicted octanol–water partition coefficient (Wildman–Crippen LogP) is 5.12. The number of ether oxygens (including phenoxy) is 2. The number of carbonyl (C=O) groups excluding carboxylic acids is 1. The van der Waals surface area contributed by atoms with Gasteiger partial charge in [0.1, 0.15) is 28.7 Å². The van der Waals surface area contributed by atoms with Gasteiger partial charge in [-0.3, -0.25) is 10.1 Å². The molecule has 0 atom stereocenters. The molecule has 1 heterocycles. The number of methoxy groups -OCH3 is 2. The maximum absolute atomic E-state index is 13.7. The summed E-state index contributed by atoms with van der Waals surface area (Å²) >= 11 is 2.83. The van der Waals surface area contributed by atoms with E-state index in [4.69, 9.17) is 9.47 Å². The Hall–Kier alpha value is -2.65. The average molecular weight is 437 g/mol. The van der Waals surface area contributed by atoms with E-state index < -0.39 is 23.1 Å². The quantitative estimate of drug-likeness (QED) is 0.531. The molecule has 3 aromatic rings. The van der Waals surface area contributed by atoms with Crippen LogP contribution in [0, 0.1) is 11.6 Å². The Morgan fingerprint density at radius 3 is 2.38 bits per heavy atom. The second kappa shape index (κ2) is 9.71. The molecule has 3 rings (SSSR count). The first-order chi connectivity index (χ1) is 14.0. The van der Waals surface area contributed by atoms with Crippen molar-refractivity contribution in [2.45, 2.75) is 11.5 Å². The molecule has 0 saturated heterocycles. The SMILES string of the molecule is COc1cc(CSCc2csc(NC(=O)c3c(F)cccc3F)n2)cc(OC)c1. The molecule has 0 fully saturated rings. The highest BCUT2D eigenvalue weighted by atomic mass is 32.2. The Bertz CT molecular complexity index is 969. The van der Waals surface area contributed by atoms with E-state index in [9.17, 15) is 13.6 Å². The smallest absolute Gasteiger partial charge is 0.263 e. The lowest BCUT2D eigenvalue weighted by atomic mass is 10.2. The first kappa shape index (κ1) is 21.1. The van der Waals surface area contributed by atoms with Crippen molar-refractivity contribution in [3.8, 4) is 11.5 Å². The van der Waals surface area contributed by atoms with Crippen LogP contribution in [0.2, 0.25) is 0 Å². The van der Waals surface area contributed by atoms with Crippen LogP contribution < -0.4 is 14.8 Å². The minimum atomic E-state index is -0.913. The number of nitrogens with one attached hydrogen (secondary N) is 1. The van der Waals surface area contributed by atoms with Gasteiger partial charge in [0.25, 0.3) is 5.91 Å². The standard InChI is InChI=1S/C20H18F2N2O3S2/c1-26-14-6-12(7-15(8-14)27-2)9-28-10-13-11-29-20(23-13)24-19(25)18-16(21)4-3-5-17(18)22/h3-8,11H,9-10H2,1-2H3,(H,23,24,25). The van der Waals surface area contributed by atoms with Gasteiger partial charge >= 0.3 is 0 Å². The third kappa shape index (κ3) is 5.45. The largest absolute Gasteiger partial charge is 0.497 e. The lowest BCUT2D eigenvalue weighted by molar-refractivity contribution is 0.101.